The summed E-state index contributed by atoms with van der Waals surface area (Å²) in [6.45, 7) is 3.80. The first-order valence-corrected chi connectivity index (χ1v) is 7.26. The minimum atomic E-state index is -0.125. The second-order valence-electron chi connectivity index (χ2n) is 5.04. The monoisotopic (exact) mass is 261 g/mol. The van der Waals surface area contributed by atoms with E-state index in [1.165, 1.54) is 42.4 Å². The van der Waals surface area contributed by atoms with Gasteiger partial charge in [0, 0.05) is 13.1 Å². The van der Waals surface area contributed by atoms with Crippen molar-refractivity contribution >= 4 is 5.97 Å². The Morgan fingerprint density at radius 1 is 1.26 bits per heavy atom. The Hall–Kier alpha value is -1.35. The van der Waals surface area contributed by atoms with E-state index in [1.807, 2.05) is 6.92 Å². The summed E-state index contributed by atoms with van der Waals surface area (Å²) < 4.78 is 4.89. The number of fused-ring (bicyclic) bond motifs is 1. The molecule has 1 aliphatic rings. The third kappa shape index (κ3) is 4.35. The fourth-order valence-corrected chi connectivity index (χ4v) is 2.55. The molecule has 0 bridgehead atoms. The fourth-order valence-electron chi connectivity index (χ4n) is 2.55. The minimum absolute atomic E-state index is 0.125. The van der Waals surface area contributed by atoms with E-state index in [1.54, 1.807) is 0 Å². The quantitative estimate of drug-likeness (QED) is 0.632. The van der Waals surface area contributed by atoms with Crippen molar-refractivity contribution in [1.29, 1.82) is 0 Å². The van der Waals surface area contributed by atoms with E-state index in [4.69, 9.17) is 4.74 Å². The molecule has 0 atom stereocenters. The number of hydrogen-bond donors (Lipinski definition) is 1. The molecule has 1 N–H and O–H groups in total. The molecule has 0 saturated heterocycles. The van der Waals surface area contributed by atoms with E-state index in [0.717, 1.165) is 6.54 Å². The van der Waals surface area contributed by atoms with Gasteiger partial charge < -0.3 is 10.1 Å². The van der Waals surface area contributed by atoms with Gasteiger partial charge in [-0.2, -0.15) is 0 Å². The number of esters is 1. The van der Waals surface area contributed by atoms with Crippen molar-refractivity contribution in [2.24, 2.45) is 0 Å². The van der Waals surface area contributed by atoms with Crippen LogP contribution < -0.4 is 5.32 Å². The molecule has 2 rings (SSSR count). The number of rotatable bonds is 6. The molecule has 0 amide bonds. The smallest absolute Gasteiger partial charge is 0.307 e. The van der Waals surface area contributed by atoms with E-state index < -0.39 is 0 Å². The second-order valence-corrected chi connectivity index (χ2v) is 5.04. The lowest BCUT2D eigenvalue weighted by Gasteiger charge is -2.16. The van der Waals surface area contributed by atoms with E-state index in [9.17, 15) is 4.79 Å². The highest BCUT2D eigenvalue weighted by Crippen LogP contribution is 2.22. The molecule has 0 radical (unpaired) electrons. The van der Waals surface area contributed by atoms with Crippen LogP contribution in [-0.2, 0) is 28.9 Å². The van der Waals surface area contributed by atoms with Gasteiger partial charge in [-0.15, -0.1) is 0 Å². The zero-order valence-electron chi connectivity index (χ0n) is 11.7. The maximum Gasteiger partial charge on any atom is 0.307 e. The highest BCUT2D eigenvalue weighted by atomic mass is 16.5. The Kier molecular flexibility index (Phi) is 5.40. The highest BCUT2D eigenvalue weighted by molar-refractivity contribution is 5.69. The number of carbonyl (C=O) groups excluding carboxylic acids is 1. The Bertz CT molecular complexity index is 429. The Balaban J connectivity index is 1.75. The molecule has 19 heavy (non-hydrogen) atoms. The average Bonchev–Trinajstić information content (AvgIpc) is 2.44. The summed E-state index contributed by atoms with van der Waals surface area (Å²) in [5, 5.41) is 3.30. The van der Waals surface area contributed by atoms with Crippen molar-refractivity contribution in [1.82, 2.24) is 5.32 Å². The van der Waals surface area contributed by atoms with Crippen molar-refractivity contribution in [2.75, 3.05) is 13.2 Å². The summed E-state index contributed by atoms with van der Waals surface area (Å²) in [6, 6.07) is 6.77. The van der Waals surface area contributed by atoms with Gasteiger partial charge in [-0.1, -0.05) is 18.2 Å². The molecule has 3 heteroatoms. The number of aryl methyl sites for hydroxylation is 2. The van der Waals surface area contributed by atoms with Gasteiger partial charge in [0.15, 0.2) is 0 Å². The summed E-state index contributed by atoms with van der Waals surface area (Å²) in [4.78, 5) is 11.2. The largest absolute Gasteiger partial charge is 0.466 e. The van der Waals surface area contributed by atoms with Crippen LogP contribution in [0.5, 0.6) is 0 Å². The van der Waals surface area contributed by atoms with Gasteiger partial charge in [-0.05, 0) is 49.3 Å². The van der Waals surface area contributed by atoms with Crippen LogP contribution in [0.25, 0.3) is 0 Å². The summed E-state index contributed by atoms with van der Waals surface area (Å²) in [7, 11) is 0. The van der Waals surface area contributed by atoms with Crippen LogP contribution in [-0.4, -0.2) is 19.1 Å². The van der Waals surface area contributed by atoms with Crippen LogP contribution in [0.1, 0.15) is 42.9 Å². The first kappa shape index (κ1) is 14.1. The predicted molar refractivity (Wildman–Crippen MR) is 76.0 cm³/mol. The van der Waals surface area contributed by atoms with Crippen LogP contribution >= 0.6 is 0 Å². The van der Waals surface area contributed by atoms with Gasteiger partial charge in [-0.3, -0.25) is 4.79 Å². The number of ether oxygens (including phenoxy) is 1. The molecule has 0 fully saturated rings. The normalized spacial score (nSPS) is 13.9. The van der Waals surface area contributed by atoms with Gasteiger partial charge >= 0.3 is 5.97 Å². The fraction of sp³-hybridized carbons (Fsp3) is 0.562. The van der Waals surface area contributed by atoms with Gasteiger partial charge in [0.25, 0.3) is 0 Å². The molecule has 0 unspecified atom stereocenters. The first-order chi connectivity index (χ1) is 9.29. The first-order valence-electron chi connectivity index (χ1n) is 7.26. The van der Waals surface area contributed by atoms with Crippen molar-refractivity contribution in [2.45, 2.75) is 45.6 Å². The Morgan fingerprint density at radius 3 is 2.84 bits per heavy atom. The maximum atomic E-state index is 11.2. The molecular weight excluding hydrogens is 238 g/mol. The minimum Gasteiger partial charge on any atom is -0.466 e. The molecule has 0 heterocycles. The zero-order valence-corrected chi connectivity index (χ0v) is 11.7. The SMILES string of the molecule is CCOC(=O)CCNCc1ccc2c(c1)CCCC2. The van der Waals surface area contributed by atoms with Gasteiger partial charge in [0.1, 0.15) is 0 Å². The second kappa shape index (κ2) is 7.29. The van der Waals surface area contributed by atoms with E-state index in [-0.39, 0.29) is 5.97 Å². The van der Waals surface area contributed by atoms with Gasteiger partial charge in [0.05, 0.1) is 13.0 Å². The molecule has 0 saturated carbocycles. The number of hydrogen-bond acceptors (Lipinski definition) is 3. The molecular formula is C16H23NO2. The van der Waals surface area contributed by atoms with Crippen molar-refractivity contribution in [3.05, 3.63) is 34.9 Å². The number of nitrogens with one attached hydrogen (secondary N) is 1. The van der Waals surface area contributed by atoms with Crippen molar-refractivity contribution < 1.29 is 9.53 Å². The van der Waals surface area contributed by atoms with E-state index >= 15 is 0 Å². The lowest BCUT2D eigenvalue weighted by Crippen LogP contribution is -2.19. The molecule has 0 aromatic heterocycles. The van der Waals surface area contributed by atoms with Crippen molar-refractivity contribution in [3.63, 3.8) is 0 Å². The lowest BCUT2D eigenvalue weighted by molar-refractivity contribution is -0.142. The van der Waals surface area contributed by atoms with Crippen LogP contribution in [0.2, 0.25) is 0 Å². The third-order valence-electron chi connectivity index (χ3n) is 3.55. The van der Waals surface area contributed by atoms with Gasteiger partial charge in [-0.25, -0.2) is 0 Å². The Labute approximate surface area is 115 Å². The zero-order chi connectivity index (χ0) is 13.5. The van der Waals surface area contributed by atoms with E-state index in [2.05, 4.69) is 23.5 Å². The lowest BCUT2D eigenvalue weighted by atomic mass is 9.90. The molecule has 104 valence electrons. The van der Waals surface area contributed by atoms with Gasteiger partial charge in [0.2, 0.25) is 0 Å². The molecule has 0 aliphatic heterocycles. The summed E-state index contributed by atoms with van der Waals surface area (Å²) in [6.07, 6.45) is 5.52. The maximum absolute atomic E-state index is 11.2. The standard InChI is InChI=1S/C16H23NO2/c1-2-19-16(18)9-10-17-12-13-7-8-14-5-3-4-6-15(14)11-13/h7-8,11,17H,2-6,9-10,12H2,1H3. The van der Waals surface area contributed by atoms with Crippen LogP contribution in [0.3, 0.4) is 0 Å². The number of carbonyl (C=O) groups is 1. The highest BCUT2D eigenvalue weighted by Gasteiger charge is 2.09. The third-order valence-corrected chi connectivity index (χ3v) is 3.55. The average molecular weight is 261 g/mol. The summed E-state index contributed by atoms with van der Waals surface area (Å²) in [5.41, 5.74) is 4.34. The summed E-state index contributed by atoms with van der Waals surface area (Å²) in [5.74, 6) is -0.125. The predicted octanol–water partition coefficient (Wildman–Crippen LogP) is 2.61. The Morgan fingerprint density at radius 2 is 2.05 bits per heavy atom. The molecule has 3 nitrogen and oxygen atoms in total. The number of benzene rings is 1. The molecule has 1 aliphatic carbocycles. The van der Waals surface area contributed by atoms with Crippen LogP contribution in [0.15, 0.2) is 18.2 Å². The van der Waals surface area contributed by atoms with Crippen molar-refractivity contribution in [3.8, 4) is 0 Å². The van der Waals surface area contributed by atoms with E-state index in [0.29, 0.717) is 19.6 Å². The summed E-state index contributed by atoms with van der Waals surface area (Å²) >= 11 is 0. The van der Waals surface area contributed by atoms with Crippen LogP contribution in [0, 0.1) is 0 Å². The molecule has 1 aromatic rings. The topological polar surface area (TPSA) is 38.3 Å². The molecule has 0 spiro atoms. The molecule has 1 aromatic carbocycles. The van der Waals surface area contributed by atoms with Crippen LogP contribution in [0.4, 0.5) is 0 Å².